The van der Waals surface area contributed by atoms with E-state index in [1.54, 1.807) is 0 Å². The molecule has 84 valence electrons. The Morgan fingerprint density at radius 1 is 1.21 bits per heavy atom. The average Bonchev–Trinajstić information content (AvgIpc) is 2.15. The molecule has 1 fully saturated rings. The largest absolute Gasteiger partial charge is 0.377 e. The second-order valence-electron chi connectivity index (χ2n) is 4.35. The standard InChI is InChI=1S/C11H24N2O/c1-2-3-4-7-14-11-6-5-9(12)8-10(11)13/h9-11H,2-8,12-13H2,1H3. The summed E-state index contributed by atoms with van der Waals surface area (Å²) in [5.41, 5.74) is 11.8. The first-order valence-electron chi connectivity index (χ1n) is 5.86. The molecule has 0 aliphatic heterocycles. The van der Waals surface area contributed by atoms with Gasteiger partial charge in [0.05, 0.1) is 6.10 Å². The minimum absolute atomic E-state index is 0.153. The zero-order chi connectivity index (χ0) is 10.4. The molecule has 0 heterocycles. The van der Waals surface area contributed by atoms with Crippen LogP contribution in [0.1, 0.15) is 45.4 Å². The monoisotopic (exact) mass is 200 g/mol. The Kier molecular flexibility index (Phi) is 5.45. The van der Waals surface area contributed by atoms with Crippen LogP contribution >= 0.6 is 0 Å². The van der Waals surface area contributed by atoms with Crippen molar-refractivity contribution >= 4 is 0 Å². The lowest BCUT2D eigenvalue weighted by atomic mass is 9.89. The Morgan fingerprint density at radius 3 is 2.64 bits per heavy atom. The van der Waals surface area contributed by atoms with Crippen LogP contribution in [0.5, 0.6) is 0 Å². The van der Waals surface area contributed by atoms with E-state index >= 15 is 0 Å². The lowest BCUT2D eigenvalue weighted by molar-refractivity contribution is 0.00992. The van der Waals surface area contributed by atoms with Gasteiger partial charge >= 0.3 is 0 Å². The Hall–Kier alpha value is -0.120. The Labute approximate surface area is 87.2 Å². The van der Waals surface area contributed by atoms with Crippen LogP contribution < -0.4 is 11.5 Å². The van der Waals surface area contributed by atoms with Crippen molar-refractivity contribution in [3.63, 3.8) is 0 Å². The van der Waals surface area contributed by atoms with Crippen molar-refractivity contribution in [2.24, 2.45) is 11.5 Å². The normalized spacial score (nSPS) is 33.2. The maximum Gasteiger partial charge on any atom is 0.0727 e. The Morgan fingerprint density at radius 2 is 2.00 bits per heavy atom. The van der Waals surface area contributed by atoms with Gasteiger partial charge in [-0.2, -0.15) is 0 Å². The zero-order valence-electron chi connectivity index (χ0n) is 9.24. The van der Waals surface area contributed by atoms with Gasteiger partial charge in [0.2, 0.25) is 0 Å². The van der Waals surface area contributed by atoms with Gasteiger partial charge in [-0.3, -0.25) is 0 Å². The number of nitrogens with two attached hydrogens (primary N) is 2. The SMILES string of the molecule is CCCCCOC1CCC(N)CC1N. The van der Waals surface area contributed by atoms with E-state index in [-0.39, 0.29) is 12.1 Å². The third-order valence-electron chi connectivity index (χ3n) is 2.95. The predicted molar refractivity (Wildman–Crippen MR) is 59.1 cm³/mol. The van der Waals surface area contributed by atoms with Crippen molar-refractivity contribution in [3.05, 3.63) is 0 Å². The van der Waals surface area contributed by atoms with Gasteiger partial charge in [-0.05, 0) is 25.7 Å². The molecule has 3 unspecified atom stereocenters. The molecule has 0 bridgehead atoms. The third-order valence-corrected chi connectivity index (χ3v) is 2.95. The summed E-state index contributed by atoms with van der Waals surface area (Å²) in [7, 11) is 0. The van der Waals surface area contributed by atoms with Crippen LogP contribution in [0.25, 0.3) is 0 Å². The second-order valence-corrected chi connectivity index (χ2v) is 4.35. The van der Waals surface area contributed by atoms with E-state index in [2.05, 4.69) is 6.92 Å². The molecule has 3 atom stereocenters. The summed E-state index contributed by atoms with van der Waals surface area (Å²) in [4.78, 5) is 0. The van der Waals surface area contributed by atoms with Crippen molar-refractivity contribution < 1.29 is 4.74 Å². The predicted octanol–water partition coefficient (Wildman–Crippen LogP) is 1.40. The molecule has 0 spiro atoms. The molecule has 1 aliphatic rings. The van der Waals surface area contributed by atoms with E-state index < -0.39 is 0 Å². The first kappa shape index (κ1) is 12.0. The lowest BCUT2D eigenvalue weighted by Crippen LogP contribution is -2.46. The average molecular weight is 200 g/mol. The van der Waals surface area contributed by atoms with Gasteiger partial charge in [0, 0.05) is 18.7 Å². The fourth-order valence-corrected chi connectivity index (χ4v) is 2.01. The number of hydrogen-bond acceptors (Lipinski definition) is 3. The topological polar surface area (TPSA) is 61.3 Å². The van der Waals surface area contributed by atoms with Crippen LogP contribution in [0.2, 0.25) is 0 Å². The quantitative estimate of drug-likeness (QED) is 0.659. The minimum Gasteiger partial charge on any atom is -0.377 e. The zero-order valence-corrected chi connectivity index (χ0v) is 9.24. The molecule has 3 nitrogen and oxygen atoms in total. The highest BCUT2D eigenvalue weighted by Gasteiger charge is 2.26. The van der Waals surface area contributed by atoms with Gasteiger partial charge < -0.3 is 16.2 Å². The smallest absolute Gasteiger partial charge is 0.0727 e. The molecule has 4 N–H and O–H groups in total. The van der Waals surface area contributed by atoms with Crippen molar-refractivity contribution in [1.82, 2.24) is 0 Å². The van der Waals surface area contributed by atoms with Crippen molar-refractivity contribution in [1.29, 1.82) is 0 Å². The van der Waals surface area contributed by atoms with E-state index in [4.69, 9.17) is 16.2 Å². The van der Waals surface area contributed by atoms with E-state index in [0.717, 1.165) is 32.3 Å². The van der Waals surface area contributed by atoms with E-state index in [0.29, 0.717) is 6.04 Å². The van der Waals surface area contributed by atoms with Gasteiger partial charge in [-0.1, -0.05) is 19.8 Å². The molecule has 0 aromatic carbocycles. The van der Waals surface area contributed by atoms with Crippen LogP contribution in [0.4, 0.5) is 0 Å². The summed E-state index contributed by atoms with van der Waals surface area (Å²) in [5, 5.41) is 0. The van der Waals surface area contributed by atoms with E-state index in [1.807, 2.05) is 0 Å². The van der Waals surface area contributed by atoms with Crippen LogP contribution in [0.3, 0.4) is 0 Å². The highest BCUT2D eigenvalue weighted by atomic mass is 16.5. The molecule has 1 saturated carbocycles. The summed E-state index contributed by atoms with van der Waals surface area (Å²) in [6.07, 6.45) is 6.92. The van der Waals surface area contributed by atoms with Crippen molar-refractivity contribution in [2.75, 3.05) is 6.61 Å². The second kappa shape index (κ2) is 6.38. The molecule has 0 radical (unpaired) electrons. The highest BCUT2D eigenvalue weighted by Crippen LogP contribution is 2.19. The molecule has 0 aromatic heterocycles. The maximum absolute atomic E-state index is 5.98. The Balaban J connectivity index is 2.11. The fourth-order valence-electron chi connectivity index (χ4n) is 2.01. The number of ether oxygens (including phenoxy) is 1. The number of hydrogen-bond donors (Lipinski definition) is 2. The molecule has 1 rings (SSSR count). The van der Waals surface area contributed by atoms with Gasteiger partial charge in [0.1, 0.15) is 0 Å². The first-order valence-corrected chi connectivity index (χ1v) is 5.86. The van der Waals surface area contributed by atoms with Gasteiger partial charge in [-0.15, -0.1) is 0 Å². The van der Waals surface area contributed by atoms with Crippen LogP contribution in [0, 0.1) is 0 Å². The van der Waals surface area contributed by atoms with Crippen LogP contribution in [-0.4, -0.2) is 24.8 Å². The first-order chi connectivity index (χ1) is 6.74. The molecule has 3 heteroatoms. The lowest BCUT2D eigenvalue weighted by Gasteiger charge is -2.32. The summed E-state index contributed by atoms with van der Waals surface area (Å²) in [5.74, 6) is 0. The molecular weight excluding hydrogens is 176 g/mol. The van der Waals surface area contributed by atoms with Crippen molar-refractivity contribution in [2.45, 2.75) is 63.6 Å². The molecule has 0 amide bonds. The summed E-state index contributed by atoms with van der Waals surface area (Å²) < 4.78 is 5.77. The molecule has 0 saturated heterocycles. The van der Waals surface area contributed by atoms with Gasteiger partial charge in [-0.25, -0.2) is 0 Å². The Bertz CT molecular complexity index is 152. The summed E-state index contributed by atoms with van der Waals surface area (Å²) in [6, 6.07) is 0.445. The maximum atomic E-state index is 5.98. The van der Waals surface area contributed by atoms with Crippen LogP contribution in [0.15, 0.2) is 0 Å². The fraction of sp³-hybridized carbons (Fsp3) is 1.00. The van der Waals surface area contributed by atoms with Gasteiger partial charge in [0.25, 0.3) is 0 Å². The highest BCUT2D eigenvalue weighted by molar-refractivity contribution is 4.85. The summed E-state index contributed by atoms with van der Waals surface area (Å²) >= 11 is 0. The molecular formula is C11H24N2O. The minimum atomic E-state index is 0.153. The molecule has 14 heavy (non-hydrogen) atoms. The summed E-state index contributed by atoms with van der Waals surface area (Å²) in [6.45, 7) is 3.06. The van der Waals surface area contributed by atoms with E-state index in [9.17, 15) is 0 Å². The van der Waals surface area contributed by atoms with Gasteiger partial charge in [0.15, 0.2) is 0 Å². The third kappa shape index (κ3) is 3.95. The molecule has 0 aromatic rings. The number of rotatable bonds is 5. The van der Waals surface area contributed by atoms with Crippen LogP contribution in [-0.2, 0) is 4.74 Å². The van der Waals surface area contributed by atoms with Crippen molar-refractivity contribution in [3.8, 4) is 0 Å². The van der Waals surface area contributed by atoms with E-state index in [1.165, 1.54) is 12.8 Å². The number of unbranched alkanes of at least 4 members (excludes halogenated alkanes) is 2. The molecule has 1 aliphatic carbocycles.